The van der Waals surface area contributed by atoms with E-state index in [-0.39, 0.29) is 24.0 Å². The summed E-state index contributed by atoms with van der Waals surface area (Å²) >= 11 is 0. The van der Waals surface area contributed by atoms with Crippen LogP contribution >= 0.6 is 0 Å². The number of carboxylic acid groups (broad SMARTS) is 1. The van der Waals surface area contributed by atoms with Gasteiger partial charge in [0.15, 0.2) is 0 Å². The molecule has 11 nitrogen and oxygen atoms in total. The van der Waals surface area contributed by atoms with E-state index in [1.807, 2.05) is 54.5 Å². The van der Waals surface area contributed by atoms with Crippen LogP contribution in [-0.2, 0) is 24.5 Å². The van der Waals surface area contributed by atoms with Gasteiger partial charge in [-0.25, -0.2) is 9.59 Å². The summed E-state index contributed by atoms with van der Waals surface area (Å²) in [6.07, 6.45) is 7.49. The fourth-order valence-electron chi connectivity index (χ4n) is 5.11. The molecule has 3 amide bonds. The maximum Gasteiger partial charge on any atom is 0.411 e. The van der Waals surface area contributed by atoms with Crippen LogP contribution in [0.1, 0.15) is 61.0 Å². The average Bonchev–Trinajstić information content (AvgIpc) is 3.00. The number of carboxylic acids is 1. The maximum absolute atomic E-state index is 14.0. The Bertz CT molecular complexity index is 1430. The van der Waals surface area contributed by atoms with E-state index in [1.165, 1.54) is 11.8 Å². The summed E-state index contributed by atoms with van der Waals surface area (Å²) in [5, 5.41) is 18.3. The molecule has 264 valence electrons. The zero-order chi connectivity index (χ0) is 36.8. The Morgan fingerprint density at radius 3 is 2.29 bits per heavy atom. The summed E-state index contributed by atoms with van der Waals surface area (Å²) in [5.41, 5.74) is 8.92. The monoisotopic (exact) mass is 665 g/mol. The summed E-state index contributed by atoms with van der Waals surface area (Å²) in [7, 11) is 3.30. The lowest BCUT2D eigenvalue weighted by Crippen LogP contribution is -2.61. The van der Waals surface area contributed by atoms with Gasteiger partial charge in [0.2, 0.25) is 11.8 Å². The number of aliphatic carboxylic acids is 1. The van der Waals surface area contributed by atoms with Crippen molar-refractivity contribution in [3.63, 3.8) is 0 Å². The van der Waals surface area contributed by atoms with Gasteiger partial charge in [0.1, 0.15) is 12.6 Å². The first kappa shape index (κ1) is 41.6. The van der Waals surface area contributed by atoms with Gasteiger partial charge in [0.05, 0.1) is 12.1 Å². The number of anilines is 1. The molecule has 2 unspecified atom stereocenters. The first-order valence-electron chi connectivity index (χ1n) is 15.9. The van der Waals surface area contributed by atoms with E-state index in [1.54, 1.807) is 62.7 Å². The first-order chi connectivity index (χ1) is 22.3. The van der Waals surface area contributed by atoms with Crippen molar-refractivity contribution < 1.29 is 29.0 Å². The van der Waals surface area contributed by atoms with Crippen LogP contribution in [0.5, 0.6) is 0 Å². The molecule has 1 aromatic carbocycles. The van der Waals surface area contributed by atoms with Crippen LogP contribution in [0.15, 0.2) is 78.1 Å². The van der Waals surface area contributed by atoms with Gasteiger partial charge in [-0.2, -0.15) is 0 Å². The Morgan fingerprint density at radius 2 is 1.77 bits per heavy atom. The molecule has 11 heteroatoms. The SMILES string of the molecule is C=C/C=C(\C=C=CCN)COC(=O)Nc1cccc(C(C)(C)C(NC)C(=O)NC(C(=O)N(C)[C@H](/C=C(\C)C(=O)O)C(C)C)C(C)(C)C)c1. The van der Waals surface area contributed by atoms with Crippen LogP contribution in [0.3, 0.4) is 0 Å². The predicted molar refractivity (Wildman–Crippen MR) is 191 cm³/mol. The van der Waals surface area contributed by atoms with E-state index in [4.69, 9.17) is 10.5 Å². The quantitative estimate of drug-likeness (QED) is 0.0943. The Labute approximate surface area is 286 Å². The van der Waals surface area contributed by atoms with Gasteiger partial charge in [0.25, 0.3) is 0 Å². The first-order valence-corrected chi connectivity index (χ1v) is 15.9. The highest BCUT2D eigenvalue weighted by Gasteiger charge is 2.41. The Balaban J connectivity index is 3.26. The van der Waals surface area contributed by atoms with Gasteiger partial charge in [0, 0.05) is 30.3 Å². The number of likely N-dealkylation sites (N-methyl/N-ethyl adjacent to an activating group) is 2. The number of carbonyl (C=O) groups excluding carboxylic acids is 3. The number of nitrogens with zero attached hydrogens (tertiary/aromatic N) is 1. The average molecular weight is 666 g/mol. The van der Waals surface area contributed by atoms with Gasteiger partial charge >= 0.3 is 12.1 Å². The molecule has 0 aromatic heterocycles. The van der Waals surface area contributed by atoms with Crippen molar-refractivity contribution in [2.75, 3.05) is 32.6 Å². The number of benzene rings is 1. The molecule has 6 N–H and O–H groups in total. The largest absolute Gasteiger partial charge is 0.478 e. The van der Waals surface area contributed by atoms with Crippen molar-refractivity contribution in [3.05, 3.63) is 83.7 Å². The molecule has 0 heterocycles. The topological polar surface area (TPSA) is 163 Å². The van der Waals surface area contributed by atoms with Crippen LogP contribution in [0.4, 0.5) is 10.5 Å². The standard InChI is InChI=1S/C37H55N5O6/c1-12-16-26(17-13-14-20-38)23-48-35(47)40-28-19-15-18-27(22-28)37(8,9)30(39-10)32(43)41-31(36(5,6)7)33(44)42(11)29(24(2)3)21-25(4)34(45)46/h12,14-19,21-22,24,29-31,39H,1,20,23,38H2,2-11H3,(H,40,47)(H,41,43)(H,45,46)/b25-21+,26-16+/t13?,29-,30?,31?/m1/s1. The fraction of sp³-hybridized carbons (Fsp3) is 0.486. The summed E-state index contributed by atoms with van der Waals surface area (Å²) in [6.45, 7) is 18.7. The summed E-state index contributed by atoms with van der Waals surface area (Å²) < 4.78 is 5.38. The van der Waals surface area contributed by atoms with Gasteiger partial charge < -0.3 is 31.1 Å². The molecule has 1 aromatic rings. The molecule has 0 aliphatic rings. The summed E-state index contributed by atoms with van der Waals surface area (Å²) in [6, 6.07) is 4.93. The summed E-state index contributed by atoms with van der Waals surface area (Å²) in [4.78, 5) is 53.6. The minimum atomic E-state index is -1.06. The number of rotatable bonds is 16. The molecule has 0 bridgehead atoms. The van der Waals surface area contributed by atoms with Crippen molar-refractivity contribution in [3.8, 4) is 0 Å². The van der Waals surface area contributed by atoms with Crippen molar-refractivity contribution >= 4 is 29.6 Å². The second kappa shape index (κ2) is 18.8. The summed E-state index contributed by atoms with van der Waals surface area (Å²) in [5.74, 6) is -1.86. The molecule has 0 fully saturated rings. The third-order valence-electron chi connectivity index (χ3n) is 7.97. The Kier molecular flexibility index (Phi) is 16.3. The molecule has 0 radical (unpaired) electrons. The van der Waals surface area contributed by atoms with Gasteiger partial charge in [-0.15, -0.1) is 5.73 Å². The third-order valence-corrected chi connectivity index (χ3v) is 7.97. The minimum Gasteiger partial charge on any atom is -0.478 e. The van der Waals surface area contributed by atoms with Crippen molar-refractivity contribution in [1.29, 1.82) is 0 Å². The second-order valence-electron chi connectivity index (χ2n) is 13.6. The van der Waals surface area contributed by atoms with Crippen LogP contribution in [0, 0.1) is 11.3 Å². The van der Waals surface area contributed by atoms with Crippen LogP contribution in [-0.4, -0.2) is 79.3 Å². The van der Waals surface area contributed by atoms with Crippen LogP contribution in [0.25, 0.3) is 0 Å². The lowest BCUT2D eigenvalue weighted by Gasteiger charge is -2.40. The van der Waals surface area contributed by atoms with Crippen LogP contribution in [0.2, 0.25) is 0 Å². The lowest BCUT2D eigenvalue weighted by molar-refractivity contribution is -0.141. The van der Waals surface area contributed by atoms with Crippen molar-refractivity contribution in [1.82, 2.24) is 15.5 Å². The second-order valence-corrected chi connectivity index (χ2v) is 13.6. The zero-order valence-electron chi connectivity index (χ0n) is 30.1. The van der Waals surface area contributed by atoms with Gasteiger partial charge in [-0.05, 0) is 60.7 Å². The molecule has 48 heavy (non-hydrogen) atoms. The molecular formula is C37H55N5O6. The molecule has 1 rings (SSSR count). The number of ether oxygens (including phenoxy) is 1. The highest BCUT2D eigenvalue weighted by atomic mass is 16.5. The molecule has 0 aliphatic carbocycles. The highest BCUT2D eigenvalue weighted by Crippen LogP contribution is 2.31. The molecule has 0 spiro atoms. The lowest BCUT2D eigenvalue weighted by atomic mass is 9.76. The number of carbonyl (C=O) groups is 4. The molecule has 3 atom stereocenters. The van der Waals surface area contributed by atoms with E-state index < -0.39 is 46.9 Å². The molecule has 0 saturated carbocycles. The number of hydrogen-bond donors (Lipinski definition) is 5. The number of nitrogens with one attached hydrogen (secondary N) is 3. The van der Waals surface area contributed by atoms with E-state index in [0.29, 0.717) is 17.8 Å². The van der Waals surface area contributed by atoms with E-state index in [0.717, 1.165) is 5.56 Å². The van der Waals surface area contributed by atoms with E-state index in [9.17, 15) is 24.3 Å². The van der Waals surface area contributed by atoms with Crippen LogP contribution < -0.4 is 21.7 Å². The molecule has 0 aliphatic heterocycles. The van der Waals surface area contributed by atoms with Crippen molar-refractivity contribution in [2.45, 2.75) is 78.9 Å². The van der Waals surface area contributed by atoms with Gasteiger partial charge in [-0.1, -0.05) is 85.4 Å². The third kappa shape index (κ3) is 12.3. The van der Waals surface area contributed by atoms with Crippen molar-refractivity contribution in [2.24, 2.45) is 17.1 Å². The molecule has 0 saturated heterocycles. The minimum absolute atomic E-state index is 0.00727. The normalized spacial score (nSPS) is 14.2. The number of nitrogens with two attached hydrogens (primary N) is 1. The molecular weight excluding hydrogens is 610 g/mol. The Morgan fingerprint density at radius 1 is 1.12 bits per heavy atom. The smallest absolute Gasteiger partial charge is 0.411 e. The van der Waals surface area contributed by atoms with E-state index >= 15 is 0 Å². The fourth-order valence-corrected chi connectivity index (χ4v) is 5.11. The number of allylic oxidation sites excluding steroid dienone is 2. The maximum atomic E-state index is 14.0. The Hall–Kier alpha value is -4.44. The predicted octanol–water partition coefficient (Wildman–Crippen LogP) is 4.93. The van der Waals surface area contributed by atoms with Gasteiger partial charge in [-0.3, -0.25) is 14.9 Å². The number of hydrogen-bond acceptors (Lipinski definition) is 7. The highest BCUT2D eigenvalue weighted by molar-refractivity contribution is 5.92. The zero-order valence-corrected chi connectivity index (χ0v) is 30.1. The number of amides is 3. The van der Waals surface area contributed by atoms with E-state index in [2.05, 4.69) is 28.3 Å².